The third kappa shape index (κ3) is 3.22. The number of benzene rings is 2. The van der Waals surface area contributed by atoms with Gasteiger partial charge in [-0.1, -0.05) is 11.6 Å². The van der Waals surface area contributed by atoms with E-state index >= 15 is 0 Å². The smallest absolute Gasteiger partial charge is 0.255 e. The summed E-state index contributed by atoms with van der Waals surface area (Å²) in [6.07, 6.45) is 2.11. The van der Waals surface area contributed by atoms with E-state index in [4.69, 9.17) is 11.6 Å². The van der Waals surface area contributed by atoms with Gasteiger partial charge in [-0.15, -0.1) is 0 Å². The molecule has 0 unspecified atom stereocenters. The average Bonchev–Trinajstić information content (AvgIpc) is 2.50. The van der Waals surface area contributed by atoms with Gasteiger partial charge in [-0.05, 0) is 70.7 Å². The molecule has 0 aliphatic carbocycles. The van der Waals surface area contributed by atoms with Gasteiger partial charge in [0, 0.05) is 28.0 Å². The summed E-state index contributed by atoms with van der Waals surface area (Å²) in [5.41, 5.74) is 3.72. The third-order valence-corrected chi connectivity index (χ3v) is 4.70. The van der Waals surface area contributed by atoms with Gasteiger partial charge in [0.25, 0.3) is 5.91 Å². The number of halogens is 2. The highest BCUT2D eigenvalue weighted by Gasteiger charge is 2.13. The lowest BCUT2D eigenvalue weighted by Gasteiger charge is -2.18. The summed E-state index contributed by atoms with van der Waals surface area (Å²) < 4.78 is 0.761. The molecule has 2 aromatic rings. The number of rotatable bonds is 2. The fraction of sp³-hybridized carbons (Fsp3) is 0.188. The summed E-state index contributed by atoms with van der Waals surface area (Å²) in [7, 11) is 0. The van der Waals surface area contributed by atoms with Gasteiger partial charge >= 0.3 is 0 Å². The number of hydrogen-bond acceptors (Lipinski definition) is 2. The number of hydrogen-bond donors (Lipinski definition) is 2. The van der Waals surface area contributed by atoms with E-state index in [1.807, 2.05) is 18.2 Å². The van der Waals surface area contributed by atoms with Crippen LogP contribution in [-0.2, 0) is 6.42 Å². The molecule has 0 bridgehead atoms. The van der Waals surface area contributed by atoms with Crippen molar-refractivity contribution >= 4 is 44.8 Å². The standard InChI is InChI=1S/C16H14BrClN2O/c17-13-9-12(4-5-14(13)18)20-16(21)11-3-6-15-10(8-11)2-1-7-19-15/h3-6,8-9,19H,1-2,7H2,(H,20,21). The van der Waals surface area contributed by atoms with Crippen molar-refractivity contribution in [3.8, 4) is 0 Å². The topological polar surface area (TPSA) is 41.1 Å². The van der Waals surface area contributed by atoms with Crippen molar-refractivity contribution in [1.82, 2.24) is 0 Å². The zero-order chi connectivity index (χ0) is 14.8. The van der Waals surface area contributed by atoms with Gasteiger partial charge in [0.2, 0.25) is 0 Å². The average molecular weight is 366 g/mol. The van der Waals surface area contributed by atoms with Crippen LogP contribution in [0.3, 0.4) is 0 Å². The van der Waals surface area contributed by atoms with Gasteiger partial charge in [-0.25, -0.2) is 0 Å². The molecule has 3 nitrogen and oxygen atoms in total. The quantitative estimate of drug-likeness (QED) is 0.809. The van der Waals surface area contributed by atoms with E-state index in [2.05, 4.69) is 26.6 Å². The van der Waals surface area contributed by atoms with Crippen molar-refractivity contribution in [2.45, 2.75) is 12.8 Å². The maximum atomic E-state index is 12.3. The molecule has 1 amide bonds. The highest BCUT2D eigenvalue weighted by atomic mass is 79.9. The van der Waals surface area contributed by atoms with E-state index in [-0.39, 0.29) is 5.91 Å². The summed E-state index contributed by atoms with van der Waals surface area (Å²) >= 11 is 9.30. The molecule has 0 saturated heterocycles. The summed E-state index contributed by atoms with van der Waals surface area (Å²) in [6, 6.07) is 11.1. The number of carbonyl (C=O) groups excluding carboxylic acids is 1. The molecule has 1 aliphatic rings. The second kappa shape index (κ2) is 6.08. The Hall–Kier alpha value is -1.52. The van der Waals surface area contributed by atoms with Crippen molar-refractivity contribution < 1.29 is 4.79 Å². The van der Waals surface area contributed by atoms with Crippen LogP contribution in [-0.4, -0.2) is 12.5 Å². The monoisotopic (exact) mass is 364 g/mol. The van der Waals surface area contributed by atoms with Crippen LogP contribution in [0.1, 0.15) is 22.3 Å². The Balaban J connectivity index is 1.80. The maximum absolute atomic E-state index is 12.3. The lowest BCUT2D eigenvalue weighted by atomic mass is 10.0. The van der Waals surface area contributed by atoms with Crippen LogP contribution >= 0.6 is 27.5 Å². The Labute approximate surface area is 136 Å². The van der Waals surface area contributed by atoms with E-state index in [0.717, 1.165) is 29.5 Å². The second-order valence-electron chi connectivity index (χ2n) is 4.99. The van der Waals surface area contributed by atoms with E-state index in [1.54, 1.807) is 18.2 Å². The molecular formula is C16H14BrClN2O. The SMILES string of the molecule is O=C(Nc1ccc(Cl)c(Br)c1)c1ccc2c(c1)CCCN2. The minimum Gasteiger partial charge on any atom is -0.385 e. The van der Waals surface area contributed by atoms with E-state index < -0.39 is 0 Å². The minimum absolute atomic E-state index is 0.113. The van der Waals surface area contributed by atoms with E-state index in [1.165, 1.54) is 5.56 Å². The van der Waals surface area contributed by atoms with E-state index in [0.29, 0.717) is 16.3 Å². The normalized spacial score (nSPS) is 13.2. The summed E-state index contributed by atoms with van der Waals surface area (Å²) in [5, 5.41) is 6.84. The van der Waals surface area contributed by atoms with Crippen LogP contribution in [0.2, 0.25) is 5.02 Å². The molecule has 108 valence electrons. The molecule has 0 spiro atoms. The molecule has 0 atom stereocenters. The Morgan fingerprint density at radius 1 is 1.24 bits per heavy atom. The Morgan fingerprint density at radius 2 is 2.10 bits per heavy atom. The number of aryl methyl sites for hydroxylation is 1. The van der Waals surface area contributed by atoms with E-state index in [9.17, 15) is 4.79 Å². The van der Waals surface area contributed by atoms with Gasteiger partial charge < -0.3 is 10.6 Å². The molecule has 0 radical (unpaired) electrons. The Kier molecular flexibility index (Phi) is 4.17. The van der Waals surface area contributed by atoms with Crippen LogP contribution in [0.4, 0.5) is 11.4 Å². The molecule has 3 rings (SSSR count). The molecule has 1 heterocycles. The van der Waals surface area contributed by atoms with Gasteiger partial charge in [0.15, 0.2) is 0 Å². The van der Waals surface area contributed by atoms with Gasteiger partial charge in [-0.2, -0.15) is 0 Å². The molecule has 5 heteroatoms. The predicted octanol–water partition coefficient (Wildman–Crippen LogP) is 4.71. The first-order valence-electron chi connectivity index (χ1n) is 6.77. The number of nitrogens with one attached hydrogen (secondary N) is 2. The Morgan fingerprint density at radius 3 is 2.90 bits per heavy atom. The van der Waals surface area contributed by atoms with Gasteiger partial charge in [-0.3, -0.25) is 4.79 Å². The molecule has 21 heavy (non-hydrogen) atoms. The lowest BCUT2D eigenvalue weighted by molar-refractivity contribution is 0.102. The van der Waals surface area contributed by atoms with Crippen molar-refractivity contribution in [2.75, 3.05) is 17.2 Å². The van der Waals surface area contributed by atoms with Gasteiger partial charge in [0.05, 0.1) is 5.02 Å². The molecular weight excluding hydrogens is 352 g/mol. The zero-order valence-corrected chi connectivity index (χ0v) is 13.6. The molecule has 2 aromatic carbocycles. The molecule has 0 saturated carbocycles. The number of carbonyl (C=O) groups is 1. The van der Waals surface area contributed by atoms with Crippen LogP contribution in [0, 0.1) is 0 Å². The maximum Gasteiger partial charge on any atom is 0.255 e. The van der Waals surface area contributed by atoms with Crippen LogP contribution < -0.4 is 10.6 Å². The highest BCUT2D eigenvalue weighted by Crippen LogP contribution is 2.27. The van der Waals surface area contributed by atoms with Crippen molar-refractivity contribution in [1.29, 1.82) is 0 Å². The minimum atomic E-state index is -0.113. The first-order chi connectivity index (χ1) is 10.1. The lowest BCUT2D eigenvalue weighted by Crippen LogP contribution is -2.15. The fourth-order valence-electron chi connectivity index (χ4n) is 2.39. The largest absolute Gasteiger partial charge is 0.385 e. The third-order valence-electron chi connectivity index (χ3n) is 3.48. The van der Waals surface area contributed by atoms with Crippen molar-refractivity contribution in [3.63, 3.8) is 0 Å². The van der Waals surface area contributed by atoms with Crippen LogP contribution in [0.25, 0.3) is 0 Å². The zero-order valence-electron chi connectivity index (χ0n) is 11.2. The predicted molar refractivity (Wildman–Crippen MR) is 90.4 cm³/mol. The first kappa shape index (κ1) is 14.4. The number of fused-ring (bicyclic) bond motifs is 1. The Bertz CT molecular complexity index is 703. The van der Waals surface area contributed by atoms with Crippen molar-refractivity contribution in [3.05, 3.63) is 57.0 Å². The highest BCUT2D eigenvalue weighted by molar-refractivity contribution is 9.10. The van der Waals surface area contributed by atoms with Gasteiger partial charge in [0.1, 0.15) is 0 Å². The number of anilines is 2. The van der Waals surface area contributed by atoms with Crippen LogP contribution in [0.15, 0.2) is 40.9 Å². The fourth-order valence-corrected chi connectivity index (χ4v) is 2.89. The summed E-state index contributed by atoms with van der Waals surface area (Å²) in [4.78, 5) is 12.3. The van der Waals surface area contributed by atoms with Crippen LogP contribution in [0.5, 0.6) is 0 Å². The molecule has 1 aliphatic heterocycles. The molecule has 2 N–H and O–H groups in total. The first-order valence-corrected chi connectivity index (χ1v) is 7.94. The molecule has 0 aromatic heterocycles. The second-order valence-corrected chi connectivity index (χ2v) is 6.25. The number of amides is 1. The molecule has 0 fully saturated rings. The summed E-state index contributed by atoms with van der Waals surface area (Å²) in [5.74, 6) is -0.113. The summed E-state index contributed by atoms with van der Waals surface area (Å²) in [6.45, 7) is 0.997. The van der Waals surface area contributed by atoms with Crippen molar-refractivity contribution in [2.24, 2.45) is 0 Å².